The summed E-state index contributed by atoms with van der Waals surface area (Å²) in [6.45, 7) is 1.71. The largest absolute Gasteiger partial charge is 0.417 e. The third kappa shape index (κ3) is 0.381. The van der Waals surface area contributed by atoms with Gasteiger partial charge in [-0.15, -0.1) is 10.2 Å². The molecule has 0 spiro atoms. The van der Waals surface area contributed by atoms with Gasteiger partial charge in [0.2, 0.25) is 5.89 Å². The lowest BCUT2D eigenvalue weighted by Gasteiger charge is -1.63. The molecule has 0 aliphatic rings. The van der Waals surface area contributed by atoms with Crippen LogP contribution < -0.4 is 0 Å². The average molecular weight is 83.1 g/mol. The minimum absolute atomic E-state index is 0.551. The summed E-state index contributed by atoms with van der Waals surface area (Å²) >= 11 is 0. The van der Waals surface area contributed by atoms with Crippen molar-refractivity contribution in [1.29, 1.82) is 0 Å². The fourth-order valence-corrected chi connectivity index (χ4v) is 0.198. The summed E-state index contributed by atoms with van der Waals surface area (Å²) in [7, 11) is 0. The van der Waals surface area contributed by atoms with Crippen molar-refractivity contribution in [3.8, 4) is 0 Å². The van der Waals surface area contributed by atoms with Gasteiger partial charge in [0.25, 0.3) is 0 Å². The molecule has 1 aromatic heterocycles. The number of hydrogen-bond acceptors (Lipinski definition) is 3. The van der Waals surface area contributed by atoms with Gasteiger partial charge in [-0.3, -0.25) is 0 Å². The van der Waals surface area contributed by atoms with Crippen LogP contribution >= 0.6 is 0 Å². The molecule has 31 valence electrons. The maximum atomic E-state index is 4.49. The Morgan fingerprint density at radius 1 is 1.83 bits per heavy atom. The molecule has 0 atom stereocenters. The molecule has 6 heavy (non-hydrogen) atoms. The molecule has 0 aliphatic heterocycles. The van der Waals surface area contributed by atoms with Crippen LogP contribution in [-0.4, -0.2) is 10.2 Å². The molecule has 0 saturated heterocycles. The predicted molar refractivity (Wildman–Crippen MR) is 17.9 cm³/mol. The Balaban J connectivity index is 3.05. The molecule has 0 saturated carbocycles. The summed E-state index contributed by atoms with van der Waals surface area (Å²) in [5.74, 6) is 0.551. The molecule has 1 radical (unpaired) electrons. The summed E-state index contributed by atoms with van der Waals surface area (Å²) in [5, 5.41) is 6.72. The highest BCUT2D eigenvalue weighted by Crippen LogP contribution is 1.81. The first-order valence-corrected chi connectivity index (χ1v) is 1.56. The van der Waals surface area contributed by atoms with E-state index in [-0.39, 0.29) is 0 Å². The first-order chi connectivity index (χ1) is 2.89. The van der Waals surface area contributed by atoms with Crippen molar-refractivity contribution in [2.24, 2.45) is 0 Å². The topological polar surface area (TPSA) is 38.9 Å². The summed E-state index contributed by atoms with van der Waals surface area (Å²) in [6.07, 6.45) is 2.19. The minimum Gasteiger partial charge on any atom is -0.417 e. The van der Waals surface area contributed by atoms with E-state index in [1.807, 2.05) is 0 Å². The highest BCUT2D eigenvalue weighted by atomic mass is 16.4. The average Bonchev–Trinajstić information content (AvgIpc) is 1.86. The van der Waals surface area contributed by atoms with Crippen LogP contribution in [0.5, 0.6) is 0 Å². The van der Waals surface area contributed by atoms with Gasteiger partial charge in [-0.1, -0.05) is 0 Å². The van der Waals surface area contributed by atoms with E-state index in [1.54, 1.807) is 6.92 Å². The predicted octanol–water partition coefficient (Wildman–Crippen LogP) is 0.178. The van der Waals surface area contributed by atoms with Crippen LogP contribution in [-0.2, 0) is 0 Å². The summed E-state index contributed by atoms with van der Waals surface area (Å²) in [5.41, 5.74) is 0. The van der Waals surface area contributed by atoms with E-state index in [2.05, 4.69) is 21.0 Å². The van der Waals surface area contributed by atoms with Crippen LogP contribution in [0.4, 0.5) is 0 Å². The number of nitrogens with zero attached hydrogens (tertiary/aromatic N) is 2. The lowest BCUT2D eigenvalue weighted by atomic mass is 10.8. The highest BCUT2D eigenvalue weighted by Gasteiger charge is 1.81. The van der Waals surface area contributed by atoms with Gasteiger partial charge in [0, 0.05) is 6.92 Å². The Labute approximate surface area is 35.0 Å². The normalized spacial score (nSPS) is 8.83. The molecule has 0 amide bonds. The molecule has 0 bridgehead atoms. The van der Waals surface area contributed by atoms with Gasteiger partial charge in [0.1, 0.15) is 0 Å². The molecule has 0 N–H and O–H groups in total. The first kappa shape index (κ1) is 3.33. The molecule has 1 aromatic rings. The van der Waals surface area contributed by atoms with Crippen LogP contribution in [0.2, 0.25) is 0 Å². The van der Waals surface area contributed by atoms with Crippen molar-refractivity contribution in [2.45, 2.75) is 6.92 Å². The number of rotatable bonds is 0. The molecule has 1 heterocycles. The van der Waals surface area contributed by atoms with Crippen molar-refractivity contribution in [3.05, 3.63) is 12.3 Å². The zero-order chi connectivity index (χ0) is 4.41. The van der Waals surface area contributed by atoms with E-state index < -0.39 is 0 Å². The molecule has 0 aliphatic carbocycles. The van der Waals surface area contributed by atoms with Gasteiger partial charge in [0.15, 0.2) is 0 Å². The van der Waals surface area contributed by atoms with Gasteiger partial charge in [0.05, 0.1) is 0 Å². The molecular formula is C3H3N2O. The lowest BCUT2D eigenvalue weighted by molar-refractivity contribution is 0.510. The molecule has 3 nitrogen and oxygen atoms in total. The van der Waals surface area contributed by atoms with E-state index in [0.29, 0.717) is 5.89 Å². The van der Waals surface area contributed by atoms with E-state index in [4.69, 9.17) is 0 Å². The second-order valence-electron chi connectivity index (χ2n) is 0.912. The molecule has 0 aromatic carbocycles. The molecule has 1 rings (SSSR count). The monoisotopic (exact) mass is 83.0 g/mol. The number of hydrogen-bond donors (Lipinski definition) is 0. The Hall–Kier alpha value is -0.860. The zero-order valence-corrected chi connectivity index (χ0v) is 3.30. The molecule has 3 heteroatoms. The van der Waals surface area contributed by atoms with Crippen LogP contribution in [0.25, 0.3) is 0 Å². The fourth-order valence-electron chi connectivity index (χ4n) is 0.198. The van der Waals surface area contributed by atoms with Gasteiger partial charge in [-0.2, -0.15) is 0 Å². The van der Waals surface area contributed by atoms with Crippen molar-refractivity contribution >= 4 is 0 Å². The third-order valence-electron chi connectivity index (χ3n) is 0.425. The van der Waals surface area contributed by atoms with Crippen LogP contribution in [0.3, 0.4) is 0 Å². The number of aryl methyl sites for hydroxylation is 1. The Morgan fingerprint density at radius 2 is 2.67 bits per heavy atom. The summed E-state index contributed by atoms with van der Waals surface area (Å²) < 4.78 is 4.49. The zero-order valence-electron chi connectivity index (χ0n) is 3.30. The molecule has 0 unspecified atom stereocenters. The summed E-state index contributed by atoms with van der Waals surface area (Å²) in [4.78, 5) is 0. The van der Waals surface area contributed by atoms with Crippen molar-refractivity contribution < 1.29 is 4.42 Å². The smallest absolute Gasteiger partial charge is 0.305 e. The van der Waals surface area contributed by atoms with Crippen LogP contribution in [0, 0.1) is 13.3 Å². The second-order valence-corrected chi connectivity index (χ2v) is 0.912. The second kappa shape index (κ2) is 1.08. The standard InChI is InChI=1S/C3H3N2O/c1-3-5-4-2-6-3/h1H3. The maximum absolute atomic E-state index is 4.49. The fraction of sp³-hybridized carbons (Fsp3) is 0.333. The van der Waals surface area contributed by atoms with Gasteiger partial charge in [-0.05, 0) is 0 Å². The van der Waals surface area contributed by atoms with Gasteiger partial charge >= 0.3 is 6.39 Å². The molecular weight excluding hydrogens is 80.0 g/mol. The van der Waals surface area contributed by atoms with Gasteiger partial charge in [-0.25, -0.2) is 0 Å². The number of aromatic nitrogens is 2. The first-order valence-electron chi connectivity index (χ1n) is 1.56. The van der Waals surface area contributed by atoms with Crippen LogP contribution in [0.15, 0.2) is 4.42 Å². The Bertz CT molecular complexity index is 112. The summed E-state index contributed by atoms with van der Waals surface area (Å²) in [6, 6.07) is 0. The van der Waals surface area contributed by atoms with Crippen LogP contribution in [0.1, 0.15) is 5.89 Å². The van der Waals surface area contributed by atoms with Gasteiger partial charge < -0.3 is 4.42 Å². The van der Waals surface area contributed by atoms with E-state index in [0.717, 1.165) is 0 Å². The highest BCUT2D eigenvalue weighted by molar-refractivity contribution is 4.59. The Kier molecular flexibility index (Phi) is 0.602. The maximum Gasteiger partial charge on any atom is 0.305 e. The Morgan fingerprint density at radius 3 is 2.83 bits per heavy atom. The van der Waals surface area contributed by atoms with Crippen molar-refractivity contribution in [3.63, 3.8) is 0 Å². The molecule has 0 fully saturated rings. The lowest BCUT2D eigenvalue weighted by Crippen LogP contribution is -1.65. The van der Waals surface area contributed by atoms with E-state index in [9.17, 15) is 0 Å². The van der Waals surface area contributed by atoms with Crippen molar-refractivity contribution in [2.75, 3.05) is 0 Å². The van der Waals surface area contributed by atoms with Crippen molar-refractivity contribution in [1.82, 2.24) is 10.2 Å². The quantitative estimate of drug-likeness (QED) is 0.449. The van der Waals surface area contributed by atoms with E-state index >= 15 is 0 Å². The SMILES string of the molecule is Cc1nn[c]o1. The third-order valence-corrected chi connectivity index (χ3v) is 0.425. The van der Waals surface area contributed by atoms with E-state index in [1.165, 1.54) is 0 Å². The minimum atomic E-state index is 0.551.